The SMILES string of the molecule is CN(CC(F)CN)C(=O)OC(C)(C)C. The van der Waals surface area contributed by atoms with Crippen LogP contribution in [-0.4, -0.2) is 42.9 Å². The summed E-state index contributed by atoms with van der Waals surface area (Å²) in [6.07, 6.45) is -1.74. The smallest absolute Gasteiger partial charge is 0.410 e. The highest BCUT2D eigenvalue weighted by Gasteiger charge is 2.21. The van der Waals surface area contributed by atoms with E-state index in [-0.39, 0.29) is 13.1 Å². The Morgan fingerprint density at radius 3 is 2.43 bits per heavy atom. The van der Waals surface area contributed by atoms with Gasteiger partial charge in [0.1, 0.15) is 11.8 Å². The van der Waals surface area contributed by atoms with Gasteiger partial charge in [0.05, 0.1) is 6.54 Å². The third-order valence-electron chi connectivity index (χ3n) is 1.43. The molecule has 0 aliphatic heterocycles. The number of nitrogens with two attached hydrogens (primary N) is 1. The van der Waals surface area contributed by atoms with E-state index >= 15 is 0 Å². The van der Waals surface area contributed by atoms with Crippen LogP contribution in [0.25, 0.3) is 0 Å². The van der Waals surface area contributed by atoms with E-state index in [9.17, 15) is 9.18 Å². The van der Waals surface area contributed by atoms with Gasteiger partial charge in [-0.1, -0.05) is 0 Å². The normalized spacial score (nSPS) is 13.6. The summed E-state index contributed by atoms with van der Waals surface area (Å²) in [5.74, 6) is 0. The third-order valence-corrected chi connectivity index (χ3v) is 1.43. The molecule has 14 heavy (non-hydrogen) atoms. The van der Waals surface area contributed by atoms with Crippen molar-refractivity contribution in [1.82, 2.24) is 4.90 Å². The molecular weight excluding hydrogens is 187 g/mol. The van der Waals surface area contributed by atoms with E-state index in [1.807, 2.05) is 0 Å². The fourth-order valence-corrected chi connectivity index (χ4v) is 0.786. The van der Waals surface area contributed by atoms with Crippen molar-refractivity contribution in [3.05, 3.63) is 0 Å². The Balaban J connectivity index is 4.00. The molecule has 0 aliphatic rings. The summed E-state index contributed by atoms with van der Waals surface area (Å²) >= 11 is 0. The highest BCUT2D eigenvalue weighted by molar-refractivity contribution is 5.67. The highest BCUT2D eigenvalue weighted by atomic mass is 19.1. The van der Waals surface area contributed by atoms with E-state index in [2.05, 4.69) is 0 Å². The Morgan fingerprint density at radius 2 is 2.07 bits per heavy atom. The lowest BCUT2D eigenvalue weighted by Gasteiger charge is -2.25. The minimum Gasteiger partial charge on any atom is -0.444 e. The maximum atomic E-state index is 12.8. The number of carbonyl (C=O) groups is 1. The summed E-state index contributed by atoms with van der Waals surface area (Å²) in [6, 6.07) is 0. The number of hydrogen-bond acceptors (Lipinski definition) is 3. The minimum absolute atomic E-state index is 0.0363. The summed E-state index contributed by atoms with van der Waals surface area (Å²) in [4.78, 5) is 12.5. The molecule has 0 saturated heterocycles. The van der Waals surface area contributed by atoms with Crippen LogP contribution in [0.3, 0.4) is 0 Å². The molecule has 0 aromatic carbocycles. The molecule has 0 rings (SSSR count). The van der Waals surface area contributed by atoms with Crippen LogP contribution >= 0.6 is 0 Å². The van der Waals surface area contributed by atoms with Gasteiger partial charge in [-0.15, -0.1) is 0 Å². The van der Waals surface area contributed by atoms with Crippen molar-refractivity contribution in [2.24, 2.45) is 5.73 Å². The Hall–Kier alpha value is -0.840. The maximum Gasteiger partial charge on any atom is 0.410 e. The first-order chi connectivity index (χ1) is 6.26. The maximum absolute atomic E-state index is 12.8. The molecule has 0 saturated carbocycles. The fraction of sp³-hybridized carbons (Fsp3) is 0.889. The van der Waals surface area contributed by atoms with Crippen LogP contribution in [0.5, 0.6) is 0 Å². The molecule has 0 radical (unpaired) electrons. The Labute approximate surface area is 84.2 Å². The first kappa shape index (κ1) is 13.2. The molecule has 0 aliphatic carbocycles. The van der Waals surface area contributed by atoms with Crippen LogP contribution in [-0.2, 0) is 4.74 Å². The molecule has 1 amide bonds. The third kappa shape index (κ3) is 5.75. The number of rotatable bonds is 3. The van der Waals surface area contributed by atoms with E-state index in [4.69, 9.17) is 10.5 Å². The molecular formula is C9H19FN2O2. The van der Waals surface area contributed by atoms with Gasteiger partial charge in [0.25, 0.3) is 0 Å². The summed E-state index contributed by atoms with van der Waals surface area (Å²) in [6.45, 7) is 5.15. The number of hydrogen-bond donors (Lipinski definition) is 1. The van der Waals surface area contributed by atoms with Gasteiger partial charge < -0.3 is 15.4 Å². The largest absolute Gasteiger partial charge is 0.444 e. The number of halogens is 1. The van der Waals surface area contributed by atoms with Gasteiger partial charge >= 0.3 is 6.09 Å². The van der Waals surface area contributed by atoms with Crippen molar-refractivity contribution >= 4 is 6.09 Å². The van der Waals surface area contributed by atoms with Crippen molar-refractivity contribution in [3.63, 3.8) is 0 Å². The average Bonchev–Trinajstić information content (AvgIpc) is 2.00. The molecule has 1 atom stereocenters. The Kier molecular flexibility index (Phi) is 4.83. The van der Waals surface area contributed by atoms with E-state index in [1.54, 1.807) is 20.8 Å². The van der Waals surface area contributed by atoms with Crippen LogP contribution in [0.2, 0.25) is 0 Å². The van der Waals surface area contributed by atoms with Crippen LogP contribution in [0.15, 0.2) is 0 Å². The van der Waals surface area contributed by atoms with Crippen LogP contribution in [0.4, 0.5) is 9.18 Å². The Bertz CT molecular complexity index is 192. The summed E-state index contributed by atoms with van der Waals surface area (Å²) in [7, 11) is 1.48. The van der Waals surface area contributed by atoms with E-state index in [0.29, 0.717) is 0 Å². The van der Waals surface area contributed by atoms with Gasteiger partial charge in [-0.2, -0.15) is 0 Å². The number of amides is 1. The lowest BCUT2D eigenvalue weighted by molar-refractivity contribution is 0.0261. The second-order valence-corrected chi connectivity index (χ2v) is 4.19. The first-order valence-corrected chi connectivity index (χ1v) is 4.54. The quantitative estimate of drug-likeness (QED) is 0.753. The molecule has 5 heteroatoms. The van der Waals surface area contributed by atoms with Gasteiger partial charge in [0.15, 0.2) is 0 Å². The van der Waals surface area contributed by atoms with Crippen molar-refractivity contribution in [3.8, 4) is 0 Å². The van der Waals surface area contributed by atoms with E-state index in [0.717, 1.165) is 0 Å². The first-order valence-electron chi connectivity index (χ1n) is 4.54. The lowest BCUT2D eigenvalue weighted by Crippen LogP contribution is -2.39. The van der Waals surface area contributed by atoms with Crippen LogP contribution in [0, 0.1) is 0 Å². The summed E-state index contributed by atoms with van der Waals surface area (Å²) in [5.41, 5.74) is 4.54. The van der Waals surface area contributed by atoms with Gasteiger partial charge in [0.2, 0.25) is 0 Å². The second kappa shape index (κ2) is 5.14. The fourth-order valence-electron chi connectivity index (χ4n) is 0.786. The molecule has 1 unspecified atom stereocenters. The summed E-state index contributed by atoms with van der Waals surface area (Å²) in [5, 5.41) is 0. The predicted molar refractivity (Wildman–Crippen MR) is 52.8 cm³/mol. The molecule has 4 nitrogen and oxygen atoms in total. The topological polar surface area (TPSA) is 55.6 Å². The van der Waals surface area contributed by atoms with Crippen LogP contribution < -0.4 is 5.73 Å². The van der Waals surface area contributed by atoms with Crippen molar-refractivity contribution in [2.45, 2.75) is 32.5 Å². The van der Waals surface area contributed by atoms with Crippen molar-refractivity contribution in [1.29, 1.82) is 0 Å². The van der Waals surface area contributed by atoms with Gasteiger partial charge in [0, 0.05) is 13.6 Å². The van der Waals surface area contributed by atoms with E-state index < -0.39 is 17.9 Å². The molecule has 0 aromatic heterocycles. The predicted octanol–water partition coefficient (Wildman–Crippen LogP) is 1.15. The molecule has 2 N–H and O–H groups in total. The number of carbonyl (C=O) groups excluding carboxylic acids is 1. The van der Waals surface area contributed by atoms with Gasteiger partial charge in [-0.05, 0) is 20.8 Å². The molecule has 0 spiro atoms. The lowest BCUT2D eigenvalue weighted by atomic mass is 10.2. The van der Waals surface area contributed by atoms with Gasteiger partial charge in [-0.3, -0.25) is 0 Å². The van der Waals surface area contributed by atoms with E-state index in [1.165, 1.54) is 11.9 Å². The molecule has 84 valence electrons. The zero-order valence-electron chi connectivity index (χ0n) is 9.21. The zero-order chi connectivity index (χ0) is 11.4. The number of nitrogens with zero attached hydrogens (tertiary/aromatic N) is 1. The summed E-state index contributed by atoms with van der Waals surface area (Å²) < 4.78 is 17.8. The number of ether oxygens (including phenoxy) is 1. The van der Waals surface area contributed by atoms with Crippen LogP contribution in [0.1, 0.15) is 20.8 Å². The highest BCUT2D eigenvalue weighted by Crippen LogP contribution is 2.09. The minimum atomic E-state index is -1.20. The second-order valence-electron chi connectivity index (χ2n) is 4.19. The molecule has 0 bridgehead atoms. The van der Waals surface area contributed by atoms with Crippen molar-refractivity contribution < 1.29 is 13.9 Å². The molecule has 0 fully saturated rings. The zero-order valence-corrected chi connectivity index (χ0v) is 9.21. The van der Waals surface area contributed by atoms with Gasteiger partial charge in [-0.25, -0.2) is 9.18 Å². The molecule has 0 heterocycles. The standard InChI is InChI=1S/C9H19FN2O2/c1-9(2,3)14-8(13)12(4)6-7(10)5-11/h7H,5-6,11H2,1-4H3. The van der Waals surface area contributed by atoms with Crippen molar-refractivity contribution in [2.75, 3.05) is 20.1 Å². The number of alkyl halides is 1. The monoisotopic (exact) mass is 206 g/mol. The average molecular weight is 206 g/mol. The Morgan fingerprint density at radius 1 is 1.57 bits per heavy atom. The molecule has 0 aromatic rings.